The van der Waals surface area contributed by atoms with Crippen LogP contribution in [-0.2, 0) is 4.79 Å². The van der Waals surface area contributed by atoms with Gasteiger partial charge in [-0.1, -0.05) is 50.8 Å². The molecule has 2 aliphatic heterocycles. The number of thioether (sulfide) groups is 1. The van der Waals surface area contributed by atoms with E-state index >= 15 is 0 Å². The Labute approximate surface area is 198 Å². The molecule has 0 aliphatic carbocycles. The second-order valence-electron chi connectivity index (χ2n) is 8.52. The Balaban J connectivity index is 1.74. The van der Waals surface area contributed by atoms with Gasteiger partial charge in [0.25, 0.3) is 11.5 Å². The summed E-state index contributed by atoms with van der Waals surface area (Å²) in [6.07, 6.45) is 4.30. The maximum Gasteiger partial charge on any atom is 0.267 e. The van der Waals surface area contributed by atoms with E-state index in [4.69, 9.17) is 17.2 Å². The van der Waals surface area contributed by atoms with Crippen molar-refractivity contribution in [3.8, 4) is 0 Å². The molecule has 2 aromatic rings. The van der Waals surface area contributed by atoms with Crippen molar-refractivity contribution in [3.05, 3.63) is 45.2 Å². The van der Waals surface area contributed by atoms with Crippen molar-refractivity contribution >= 4 is 51.7 Å². The molecular formula is C23H29N5O2S2. The minimum atomic E-state index is -0.170. The van der Waals surface area contributed by atoms with E-state index in [0.29, 0.717) is 38.7 Å². The Morgan fingerprint density at radius 2 is 1.94 bits per heavy atom. The number of rotatable bonds is 6. The lowest BCUT2D eigenvalue weighted by molar-refractivity contribution is -0.122. The molecule has 2 aliphatic rings. The van der Waals surface area contributed by atoms with Crippen molar-refractivity contribution in [1.82, 2.24) is 19.2 Å². The first kappa shape index (κ1) is 22.9. The summed E-state index contributed by atoms with van der Waals surface area (Å²) in [7, 11) is 0. The fraction of sp³-hybridized carbons (Fsp3) is 0.478. The number of amides is 1. The van der Waals surface area contributed by atoms with E-state index < -0.39 is 0 Å². The fourth-order valence-corrected chi connectivity index (χ4v) is 5.24. The zero-order valence-corrected chi connectivity index (χ0v) is 20.4. The highest BCUT2D eigenvalue weighted by Crippen LogP contribution is 2.34. The van der Waals surface area contributed by atoms with E-state index in [1.165, 1.54) is 16.2 Å². The summed E-state index contributed by atoms with van der Waals surface area (Å²) >= 11 is 6.74. The molecule has 2 aromatic heterocycles. The van der Waals surface area contributed by atoms with Crippen LogP contribution in [0.2, 0.25) is 0 Å². The maximum absolute atomic E-state index is 13.5. The van der Waals surface area contributed by atoms with Gasteiger partial charge in [0.05, 0.1) is 10.5 Å². The molecule has 0 saturated carbocycles. The number of hydrogen-bond acceptors (Lipinski definition) is 7. The number of piperazine rings is 1. The third-order valence-corrected chi connectivity index (χ3v) is 7.32. The normalized spacial score (nSPS) is 19.2. The van der Waals surface area contributed by atoms with Gasteiger partial charge in [0.1, 0.15) is 15.8 Å². The highest BCUT2D eigenvalue weighted by atomic mass is 32.2. The predicted molar refractivity (Wildman–Crippen MR) is 135 cm³/mol. The molecule has 2 fully saturated rings. The summed E-state index contributed by atoms with van der Waals surface area (Å²) in [5.74, 6) is 0.996. The summed E-state index contributed by atoms with van der Waals surface area (Å²) in [6, 6.07) is 5.52. The molecule has 0 spiro atoms. The molecule has 0 atom stereocenters. The molecular weight excluding hydrogens is 442 g/mol. The highest BCUT2D eigenvalue weighted by Gasteiger charge is 2.33. The molecule has 170 valence electrons. The second-order valence-corrected chi connectivity index (χ2v) is 10.2. The third-order valence-electron chi connectivity index (χ3n) is 5.95. The van der Waals surface area contributed by atoms with Gasteiger partial charge in [-0.3, -0.25) is 18.9 Å². The van der Waals surface area contributed by atoms with Crippen LogP contribution in [0.3, 0.4) is 0 Å². The molecule has 0 N–H and O–H groups in total. The largest absolute Gasteiger partial charge is 0.353 e. The van der Waals surface area contributed by atoms with Crippen molar-refractivity contribution in [1.29, 1.82) is 0 Å². The van der Waals surface area contributed by atoms with Gasteiger partial charge in [0.15, 0.2) is 0 Å². The van der Waals surface area contributed by atoms with E-state index in [0.717, 1.165) is 39.1 Å². The lowest BCUT2D eigenvalue weighted by atomic mass is 10.1. The van der Waals surface area contributed by atoms with Crippen LogP contribution < -0.4 is 10.5 Å². The van der Waals surface area contributed by atoms with Crippen LogP contribution in [0.1, 0.15) is 32.8 Å². The lowest BCUT2D eigenvalue weighted by Gasteiger charge is -2.35. The molecule has 4 rings (SSSR count). The summed E-state index contributed by atoms with van der Waals surface area (Å²) in [5.41, 5.74) is 0.881. The highest BCUT2D eigenvalue weighted by molar-refractivity contribution is 8.26. The number of hydrogen-bond donors (Lipinski definition) is 0. The number of anilines is 1. The average molecular weight is 472 g/mol. The van der Waals surface area contributed by atoms with Crippen LogP contribution in [0, 0.1) is 5.92 Å². The first-order valence-electron chi connectivity index (χ1n) is 11.1. The average Bonchev–Trinajstić information content (AvgIpc) is 3.06. The fourth-order valence-electron chi connectivity index (χ4n) is 3.95. The van der Waals surface area contributed by atoms with Crippen molar-refractivity contribution < 1.29 is 4.79 Å². The van der Waals surface area contributed by atoms with Crippen LogP contribution in [0.15, 0.2) is 34.1 Å². The summed E-state index contributed by atoms with van der Waals surface area (Å²) in [6.45, 7) is 11.4. The van der Waals surface area contributed by atoms with Gasteiger partial charge in [-0.2, -0.15) is 0 Å². The summed E-state index contributed by atoms with van der Waals surface area (Å²) in [4.78, 5) is 38.0. The lowest BCUT2D eigenvalue weighted by Crippen LogP contribution is -2.47. The van der Waals surface area contributed by atoms with Gasteiger partial charge < -0.3 is 9.80 Å². The van der Waals surface area contributed by atoms with E-state index in [2.05, 4.69) is 30.6 Å². The molecule has 7 nitrogen and oxygen atoms in total. The number of thiocarbonyl (C=S) groups is 1. The van der Waals surface area contributed by atoms with Gasteiger partial charge in [-0.05, 0) is 37.1 Å². The second kappa shape index (κ2) is 9.72. The van der Waals surface area contributed by atoms with Gasteiger partial charge in [0, 0.05) is 38.9 Å². The molecule has 0 aromatic carbocycles. The van der Waals surface area contributed by atoms with E-state index in [1.54, 1.807) is 17.2 Å². The zero-order valence-electron chi connectivity index (χ0n) is 18.8. The predicted octanol–water partition coefficient (Wildman–Crippen LogP) is 3.08. The topological polar surface area (TPSA) is 61.2 Å². The standard InChI is InChI=1S/C23H29N5O2S2/c1-4-25-11-13-26(14-12-25)20-17(21(29)27-9-6-5-7-19(27)24-20)15-18-22(30)28(23(31)32-18)10-8-16(2)3/h5-7,9,15-16H,4,8,10-14H2,1-3H3/b18-15+. The van der Waals surface area contributed by atoms with E-state index in [1.807, 2.05) is 18.2 Å². The molecule has 1 amide bonds. The van der Waals surface area contributed by atoms with Crippen LogP contribution in [-0.4, -0.2) is 68.7 Å². The SMILES string of the molecule is CCN1CCN(c2nc3ccccn3c(=O)c2/C=C2/SC(=S)N(CCC(C)C)C2=O)CC1. The van der Waals surface area contributed by atoms with Crippen LogP contribution in [0.5, 0.6) is 0 Å². The Bertz CT molecular complexity index is 1120. The Morgan fingerprint density at radius 1 is 1.19 bits per heavy atom. The van der Waals surface area contributed by atoms with Gasteiger partial charge in [-0.25, -0.2) is 4.98 Å². The van der Waals surface area contributed by atoms with Crippen LogP contribution in [0.25, 0.3) is 11.7 Å². The van der Waals surface area contributed by atoms with E-state index in [9.17, 15) is 9.59 Å². The molecule has 4 heterocycles. The first-order valence-corrected chi connectivity index (χ1v) is 12.4. The Morgan fingerprint density at radius 3 is 2.62 bits per heavy atom. The molecule has 9 heteroatoms. The molecule has 0 bridgehead atoms. The summed E-state index contributed by atoms with van der Waals surface area (Å²) in [5, 5.41) is 0. The molecule has 0 unspecified atom stereocenters. The van der Waals surface area contributed by atoms with Crippen molar-refractivity contribution in [2.24, 2.45) is 5.92 Å². The third kappa shape index (κ3) is 4.60. The number of carbonyl (C=O) groups excluding carboxylic acids is 1. The maximum atomic E-state index is 13.5. The number of aromatic nitrogens is 2. The van der Waals surface area contributed by atoms with Gasteiger partial charge in [-0.15, -0.1) is 0 Å². The smallest absolute Gasteiger partial charge is 0.267 e. The first-order chi connectivity index (χ1) is 15.4. The summed E-state index contributed by atoms with van der Waals surface area (Å²) < 4.78 is 2.09. The number of nitrogens with zero attached hydrogens (tertiary/aromatic N) is 5. The molecule has 2 saturated heterocycles. The van der Waals surface area contributed by atoms with Crippen molar-refractivity contribution in [2.75, 3.05) is 44.2 Å². The van der Waals surface area contributed by atoms with E-state index in [-0.39, 0.29) is 11.5 Å². The molecule has 32 heavy (non-hydrogen) atoms. The van der Waals surface area contributed by atoms with Gasteiger partial charge in [0.2, 0.25) is 0 Å². The van der Waals surface area contributed by atoms with Crippen LogP contribution in [0.4, 0.5) is 5.82 Å². The van der Waals surface area contributed by atoms with Crippen LogP contribution >= 0.6 is 24.0 Å². The molecule has 0 radical (unpaired) electrons. The quantitative estimate of drug-likeness (QED) is 0.474. The minimum Gasteiger partial charge on any atom is -0.353 e. The Hall–Kier alpha value is -2.23. The van der Waals surface area contributed by atoms with Crippen molar-refractivity contribution in [3.63, 3.8) is 0 Å². The Kier molecular flexibility index (Phi) is 6.97. The number of fused-ring (bicyclic) bond motifs is 1. The number of likely N-dealkylation sites (N-methyl/N-ethyl adjacent to an activating group) is 1. The monoisotopic (exact) mass is 471 g/mol. The van der Waals surface area contributed by atoms with Gasteiger partial charge >= 0.3 is 0 Å². The number of carbonyl (C=O) groups is 1. The zero-order chi connectivity index (χ0) is 22.8. The minimum absolute atomic E-state index is 0.125. The van der Waals surface area contributed by atoms with Crippen molar-refractivity contribution in [2.45, 2.75) is 27.2 Å². The number of pyridine rings is 1.